The Labute approximate surface area is 160 Å². The molecule has 0 aromatic heterocycles. The van der Waals surface area contributed by atoms with Gasteiger partial charge in [-0.2, -0.15) is 0 Å². The van der Waals surface area contributed by atoms with E-state index >= 15 is 0 Å². The average Bonchev–Trinajstić information content (AvgIpc) is 2.64. The Morgan fingerprint density at radius 3 is 1.42 bits per heavy atom. The third-order valence-corrected chi connectivity index (χ3v) is 4.17. The fraction of sp³-hybridized carbons (Fsp3) is 0.727. The standard InChI is InChI=1S/C22H40N2O2/c1-3-5-7-9-11-15-19-23-21(25)17-13-14-18-22(26)24-20-16-12-10-8-6-4-2/h11-12,15-16H,3-10,13-14,17-20H2,1-2H3,(H,23,25)(H,24,26)/b15-11+,16-12+. The summed E-state index contributed by atoms with van der Waals surface area (Å²) >= 11 is 0. The zero-order chi connectivity index (χ0) is 19.3. The molecule has 0 aliphatic rings. The van der Waals surface area contributed by atoms with Crippen LogP contribution in [0, 0.1) is 0 Å². The fourth-order valence-corrected chi connectivity index (χ4v) is 2.52. The first-order chi connectivity index (χ1) is 12.7. The molecule has 0 aliphatic carbocycles. The highest BCUT2D eigenvalue weighted by atomic mass is 16.2. The van der Waals surface area contributed by atoms with Crippen LogP contribution < -0.4 is 10.6 Å². The van der Waals surface area contributed by atoms with E-state index in [1.54, 1.807) is 0 Å². The molecular weight excluding hydrogens is 324 g/mol. The summed E-state index contributed by atoms with van der Waals surface area (Å²) in [6, 6.07) is 0. The van der Waals surface area contributed by atoms with E-state index < -0.39 is 0 Å². The molecule has 0 radical (unpaired) electrons. The minimum Gasteiger partial charge on any atom is -0.353 e. The van der Waals surface area contributed by atoms with Crippen LogP contribution in [0.2, 0.25) is 0 Å². The van der Waals surface area contributed by atoms with Crippen LogP contribution in [-0.4, -0.2) is 24.9 Å². The Morgan fingerprint density at radius 2 is 1.04 bits per heavy atom. The van der Waals surface area contributed by atoms with Gasteiger partial charge in [0, 0.05) is 25.9 Å². The highest BCUT2D eigenvalue weighted by Gasteiger charge is 2.02. The van der Waals surface area contributed by atoms with Crippen LogP contribution >= 0.6 is 0 Å². The van der Waals surface area contributed by atoms with Gasteiger partial charge in [-0.1, -0.05) is 63.8 Å². The lowest BCUT2D eigenvalue weighted by Crippen LogP contribution is -2.24. The molecule has 0 aromatic rings. The van der Waals surface area contributed by atoms with Crippen molar-refractivity contribution in [2.45, 2.75) is 90.9 Å². The zero-order valence-electron chi connectivity index (χ0n) is 17.0. The van der Waals surface area contributed by atoms with E-state index in [4.69, 9.17) is 0 Å². The first-order valence-electron chi connectivity index (χ1n) is 10.5. The predicted molar refractivity (Wildman–Crippen MR) is 111 cm³/mol. The van der Waals surface area contributed by atoms with Crippen LogP contribution in [0.25, 0.3) is 0 Å². The molecule has 0 spiro atoms. The number of unbranched alkanes of at least 4 members (excludes halogenated alkanes) is 7. The molecule has 4 nitrogen and oxygen atoms in total. The summed E-state index contributed by atoms with van der Waals surface area (Å²) in [5.74, 6) is 0.136. The number of nitrogens with one attached hydrogen (secondary N) is 2. The van der Waals surface area contributed by atoms with Crippen molar-refractivity contribution in [3.05, 3.63) is 24.3 Å². The maximum atomic E-state index is 11.7. The van der Waals surface area contributed by atoms with Crippen molar-refractivity contribution < 1.29 is 9.59 Å². The number of carbonyl (C=O) groups is 2. The molecular formula is C22H40N2O2. The van der Waals surface area contributed by atoms with Crippen molar-refractivity contribution in [1.29, 1.82) is 0 Å². The molecule has 4 heteroatoms. The van der Waals surface area contributed by atoms with Crippen molar-refractivity contribution in [1.82, 2.24) is 10.6 Å². The quantitative estimate of drug-likeness (QED) is 0.280. The van der Waals surface area contributed by atoms with Crippen molar-refractivity contribution >= 4 is 11.8 Å². The third kappa shape index (κ3) is 18.8. The Balaban J connectivity index is 3.46. The molecule has 150 valence electrons. The van der Waals surface area contributed by atoms with Crippen molar-refractivity contribution in [3.63, 3.8) is 0 Å². The van der Waals surface area contributed by atoms with Gasteiger partial charge in [-0.3, -0.25) is 9.59 Å². The molecule has 0 atom stereocenters. The Bertz CT molecular complexity index is 365. The second-order valence-electron chi connectivity index (χ2n) is 6.75. The molecule has 0 aliphatic heterocycles. The predicted octanol–water partition coefficient (Wildman–Crippen LogP) is 5.05. The largest absolute Gasteiger partial charge is 0.353 e. The zero-order valence-corrected chi connectivity index (χ0v) is 17.0. The van der Waals surface area contributed by atoms with Gasteiger partial charge in [0.25, 0.3) is 0 Å². The SMILES string of the molecule is CCCCC/C=C/CNC(=O)CCCCC(=O)NC/C=C/CCCCC. The minimum atomic E-state index is 0.0682. The van der Waals surface area contributed by atoms with Crippen LogP contribution in [-0.2, 0) is 9.59 Å². The van der Waals surface area contributed by atoms with E-state index in [9.17, 15) is 9.59 Å². The summed E-state index contributed by atoms with van der Waals surface area (Å²) < 4.78 is 0. The van der Waals surface area contributed by atoms with E-state index in [0.717, 1.165) is 25.7 Å². The van der Waals surface area contributed by atoms with Gasteiger partial charge in [0.1, 0.15) is 0 Å². The van der Waals surface area contributed by atoms with Gasteiger partial charge in [0.2, 0.25) is 11.8 Å². The molecule has 0 fully saturated rings. The second kappa shape index (κ2) is 19.7. The maximum Gasteiger partial charge on any atom is 0.220 e. The van der Waals surface area contributed by atoms with Gasteiger partial charge in [-0.15, -0.1) is 0 Å². The van der Waals surface area contributed by atoms with E-state index in [-0.39, 0.29) is 11.8 Å². The lowest BCUT2D eigenvalue weighted by Gasteiger charge is -2.04. The molecule has 26 heavy (non-hydrogen) atoms. The molecule has 0 unspecified atom stereocenters. The Morgan fingerprint density at radius 1 is 0.615 bits per heavy atom. The topological polar surface area (TPSA) is 58.2 Å². The molecule has 2 amide bonds. The number of rotatable bonds is 17. The van der Waals surface area contributed by atoms with Gasteiger partial charge in [0.15, 0.2) is 0 Å². The van der Waals surface area contributed by atoms with Crippen molar-refractivity contribution in [2.24, 2.45) is 0 Å². The molecule has 0 heterocycles. The number of hydrogen-bond acceptors (Lipinski definition) is 2. The summed E-state index contributed by atoms with van der Waals surface area (Å²) in [5, 5.41) is 5.78. The highest BCUT2D eigenvalue weighted by molar-refractivity contribution is 5.77. The van der Waals surface area contributed by atoms with Gasteiger partial charge < -0.3 is 10.6 Å². The normalized spacial score (nSPS) is 11.3. The van der Waals surface area contributed by atoms with Crippen LogP contribution in [0.3, 0.4) is 0 Å². The van der Waals surface area contributed by atoms with E-state index in [1.165, 1.54) is 38.5 Å². The number of allylic oxidation sites excluding steroid dienone is 2. The third-order valence-electron chi connectivity index (χ3n) is 4.17. The summed E-state index contributed by atoms with van der Waals surface area (Å²) in [4.78, 5) is 23.4. The molecule has 0 saturated carbocycles. The second-order valence-corrected chi connectivity index (χ2v) is 6.75. The molecule has 2 N–H and O–H groups in total. The molecule has 0 saturated heterocycles. The van der Waals surface area contributed by atoms with E-state index in [2.05, 4.69) is 36.6 Å². The minimum absolute atomic E-state index is 0.0682. The highest BCUT2D eigenvalue weighted by Crippen LogP contribution is 2.01. The first kappa shape index (κ1) is 24.4. The monoisotopic (exact) mass is 364 g/mol. The van der Waals surface area contributed by atoms with Crippen LogP contribution in [0.4, 0.5) is 0 Å². The summed E-state index contributed by atoms with van der Waals surface area (Å²) in [6.07, 6.45) is 20.4. The van der Waals surface area contributed by atoms with Crippen LogP contribution in [0.15, 0.2) is 24.3 Å². The fourth-order valence-electron chi connectivity index (χ4n) is 2.52. The number of amides is 2. The summed E-state index contributed by atoms with van der Waals surface area (Å²) in [7, 11) is 0. The smallest absolute Gasteiger partial charge is 0.220 e. The average molecular weight is 365 g/mol. The number of hydrogen-bond donors (Lipinski definition) is 2. The summed E-state index contributed by atoms with van der Waals surface area (Å²) in [6.45, 7) is 5.60. The molecule has 0 aromatic carbocycles. The molecule has 0 rings (SSSR count). The van der Waals surface area contributed by atoms with Crippen LogP contribution in [0.5, 0.6) is 0 Å². The lowest BCUT2D eigenvalue weighted by atomic mass is 10.1. The van der Waals surface area contributed by atoms with Gasteiger partial charge in [0.05, 0.1) is 0 Å². The Kier molecular flexibility index (Phi) is 18.5. The lowest BCUT2D eigenvalue weighted by molar-refractivity contribution is -0.122. The first-order valence-corrected chi connectivity index (χ1v) is 10.5. The van der Waals surface area contributed by atoms with Gasteiger partial charge in [-0.05, 0) is 38.5 Å². The molecule has 0 bridgehead atoms. The van der Waals surface area contributed by atoms with Crippen molar-refractivity contribution in [2.75, 3.05) is 13.1 Å². The summed E-state index contributed by atoms with van der Waals surface area (Å²) in [5.41, 5.74) is 0. The Hall–Kier alpha value is -1.58. The number of carbonyl (C=O) groups excluding carboxylic acids is 2. The van der Waals surface area contributed by atoms with Gasteiger partial charge in [-0.25, -0.2) is 0 Å². The maximum absolute atomic E-state index is 11.7. The van der Waals surface area contributed by atoms with E-state index in [1.807, 2.05) is 12.2 Å². The van der Waals surface area contributed by atoms with Crippen LogP contribution in [0.1, 0.15) is 90.9 Å². The van der Waals surface area contributed by atoms with Crippen molar-refractivity contribution in [3.8, 4) is 0 Å². The van der Waals surface area contributed by atoms with E-state index in [0.29, 0.717) is 25.9 Å². The van der Waals surface area contributed by atoms with Gasteiger partial charge >= 0.3 is 0 Å².